The lowest BCUT2D eigenvalue weighted by Gasteiger charge is -2.49. The van der Waals surface area contributed by atoms with Crippen molar-refractivity contribution in [3.05, 3.63) is 41.6 Å². The van der Waals surface area contributed by atoms with Crippen LogP contribution in [0.15, 0.2) is 36.0 Å². The van der Waals surface area contributed by atoms with E-state index in [0.29, 0.717) is 11.7 Å². The summed E-state index contributed by atoms with van der Waals surface area (Å²) in [5.41, 5.74) is 2.84. The van der Waals surface area contributed by atoms with Crippen LogP contribution in [-0.4, -0.2) is 22.0 Å². The van der Waals surface area contributed by atoms with Crippen molar-refractivity contribution >= 4 is 22.8 Å². The number of rotatable bonds is 1. The van der Waals surface area contributed by atoms with E-state index < -0.39 is 0 Å². The van der Waals surface area contributed by atoms with Gasteiger partial charge in [-0.15, -0.1) is 0 Å². The van der Waals surface area contributed by atoms with Gasteiger partial charge < -0.3 is 10.1 Å². The number of para-hydroxylation sites is 1. The van der Waals surface area contributed by atoms with Crippen molar-refractivity contribution < 1.29 is 9.90 Å². The first-order valence-electron chi connectivity index (χ1n) is 9.00. The number of benzene rings is 1. The molecule has 0 radical (unpaired) electrons. The predicted molar refractivity (Wildman–Crippen MR) is 96.5 cm³/mol. The predicted octanol–water partition coefficient (Wildman–Crippen LogP) is 4.33. The number of ketones is 1. The lowest BCUT2D eigenvalue weighted by atomic mass is 9.55. The van der Waals surface area contributed by atoms with E-state index >= 15 is 0 Å². The van der Waals surface area contributed by atoms with Gasteiger partial charge in [-0.3, -0.25) is 4.79 Å². The van der Waals surface area contributed by atoms with Crippen LogP contribution in [0.1, 0.15) is 45.1 Å². The Bertz CT molecular complexity index is 818. The number of aliphatic hydroxyl groups is 1. The molecule has 0 aliphatic heterocycles. The SMILES string of the molecule is C[C@@H]1C(O)CC[C@]2(C)C(=O)/C(=C\c3c[nH]c4ccccc34)CCC12. The third-order valence-electron chi connectivity index (χ3n) is 6.51. The number of fused-ring (bicyclic) bond motifs is 2. The van der Waals surface area contributed by atoms with Crippen LogP contribution in [0.5, 0.6) is 0 Å². The molecule has 24 heavy (non-hydrogen) atoms. The Kier molecular flexibility index (Phi) is 3.65. The van der Waals surface area contributed by atoms with Crippen molar-refractivity contribution in [2.45, 2.75) is 45.6 Å². The molecule has 3 heteroatoms. The summed E-state index contributed by atoms with van der Waals surface area (Å²) < 4.78 is 0. The van der Waals surface area contributed by atoms with Gasteiger partial charge in [0.1, 0.15) is 0 Å². The monoisotopic (exact) mass is 323 g/mol. The Morgan fingerprint density at radius 3 is 2.92 bits per heavy atom. The second-order valence-electron chi connectivity index (χ2n) is 7.82. The zero-order valence-electron chi connectivity index (χ0n) is 14.4. The number of Topliss-reactive ketones (excluding diaryl/α,β-unsaturated/α-hetero) is 1. The molecule has 2 aromatic rings. The van der Waals surface area contributed by atoms with Crippen molar-refractivity contribution in [3.8, 4) is 0 Å². The van der Waals surface area contributed by atoms with Crippen LogP contribution in [0.2, 0.25) is 0 Å². The van der Waals surface area contributed by atoms with Crippen molar-refractivity contribution in [2.75, 3.05) is 0 Å². The average molecular weight is 323 g/mol. The average Bonchev–Trinajstić information content (AvgIpc) is 2.99. The highest BCUT2D eigenvalue weighted by Gasteiger charge is 2.51. The summed E-state index contributed by atoms with van der Waals surface area (Å²) in [4.78, 5) is 16.5. The van der Waals surface area contributed by atoms with Gasteiger partial charge >= 0.3 is 0 Å². The Hall–Kier alpha value is -1.87. The standard InChI is InChI=1S/C21H25NO2/c1-13-17-8-7-14(20(24)21(17,2)10-9-19(13)23)11-15-12-22-18-6-4-3-5-16(15)18/h3-6,11-13,17,19,22-23H,7-10H2,1-2H3/b14-11-/t13-,17?,19?,21-/m0/s1. The maximum Gasteiger partial charge on any atom is 0.165 e. The highest BCUT2D eigenvalue weighted by molar-refractivity contribution is 6.05. The first-order valence-corrected chi connectivity index (χ1v) is 9.00. The molecular formula is C21H25NO2. The van der Waals surface area contributed by atoms with Crippen LogP contribution in [0, 0.1) is 17.3 Å². The van der Waals surface area contributed by atoms with Crippen LogP contribution in [0.25, 0.3) is 17.0 Å². The summed E-state index contributed by atoms with van der Waals surface area (Å²) in [7, 11) is 0. The zero-order valence-corrected chi connectivity index (χ0v) is 14.4. The number of H-pyrrole nitrogens is 1. The largest absolute Gasteiger partial charge is 0.393 e. The zero-order chi connectivity index (χ0) is 16.9. The van der Waals surface area contributed by atoms with Crippen LogP contribution in [0.4, 0.5) is 0 Å². The van der Waals surface area contributed by atoms with E-state index in [-0.39, 0.29) is 17.4 Å². The highest BCUT2D eigenvalue weighted by atomic mass is 16.3. The molecular weight excluding hydrogens is 298 g/mol. The molecule has 126 valence electrons. The third-order valence-corrected chi connectivity index (χ3v) is 6.51. The summed E-state index contributed by atoms with van der Waals surface area (Å²) in [6, 6.07) is 8.20. The minimum atomic E-state index is -0.311. The number of aromatic nitrogens is 1. The summed E-state index contributed by atoms with van der Waals surface area (Å²) in [5.74, 6) is 0.805. The number of hydrogen-bond donors (Lipinski definition) is 2. The number of hydrogen-bond acceptors (Lipinski definition) is 2. The minimum Gasteiger partial charge on any atom is -0.393 e. The van der Waals surface area contributed by atoms with Crippen LogP contribution in [0.3, 0.4) is 0 Å². The van der Waals surface area contributed by atoms with Crippen molar-refractivity contribution in [1.29, 1.82) is 0 Å². The van der Waals surface area contributed by atoms with Crippen LogP contribution >= 0.6 is 0 Å². The van der Waals surface area contributed by atoms with Crippen molar-refractivity contribution in [1.82, 2.24) is 4.98 Å². The lowest BCUT2D eigenvalue weighted by Crippen LogP contribution is -2.50. The van der Waals surface area contributed by atoms with Gasteiger partial charge in [0, 0.05) is 28.1 Å². The van der Waals surface area contributed by atoms with Gasteiger partial charge in [-0.05, 0) is 55.2 Å². The molecule has 2 saturated carbocycles. The highest BCUT2D eigenvalue weighted by Crippen LogP contribution is 2.52. The van der Waals surface area contributed by atoms with Crippen molar-refractivity contribution in [3.63, 3.8) is 0 Å². The molecule has 1 aromatic carbocycles. The molecule has 2 aliphatic rings. The molecule has 0 bridgehead atoms. The van der Waals surface area contributed by atoms with Crippen LogP contribution < -0.4 is 0 Å². The number of allylic oxidation sites excluding steroid dienone is 1. The maximum atomic E-state index is 13.2. The number of nitrogens with one attached hydrogen (secondary N) is 1. The topological polar surface area (TPSA) is 53.1 Å². The van der Waals surface area contributed by atoms with Gasteiger partial charge in [-0.25, -0.2) is 0 Å². The van der Waals surface area contributed by atoms with Crippen molar-refractivity contribution in [2.24, 2.45) is 17.3 Å². The number of aromatic amines is 1. The molecule has 0 spiro atoms. The molecule has 2 unspecified atom stereocenters. The molecule has 0 saturated heterocycles. The van der Waals surface area contributed by atoms with Gasteiger partial charge in [0.15, 0.2) is 5.78 Å². The second-order valence-corrected chi connectivity index (χ2v) is 7.82. The Morgan fingerprint density at radius 2 is 2.08 bits per heavy atom. The summed E-state index contributed by atoms with van der Waals surface area (Å²) in [6.07, 6.45) is 7.16. The Labute approximate surface area is 142 Å². The quantitative estimate of drug-likeness (QED) is 0.768. The molecule has 0 amide bonds. The number of aliphatic hydroxyl groups excluding tert-OH is 1. The second kappa shape index (κ2) is 5.59. The van der Waals surface area contributed by atoms with Crippen LogP contribution in [-0.2, 0) is 4.79 Å². The van der Waals surface area contributed by atoms with E-state index in [9.17, 15) is 9.90 Å². The number of carbonyl (C=O) groups excluding carboxylic acids is 1. The third kappa shape index (κ3) is 2.26. The molecule has 3 nitrogen and oxygen atoms in total. The smallest absolute Gasteiger partial charge is 0.165 e. The van der Waals surface area contributed by atoms with E-state index in [1.807, 2.05) is 18.3 Å². The van der Waals surface area contributed by atoms with Gasteiger partial charge in [0.25, 0.3) is 0 Å². The van der Waals surface area contributed by atoms with E-state index in [1.54, 1.807) is 0 Å². The molecule has 2 N–H and O–H groups in total. The summed E-state index contributed by atoms with van der Waals surface area (Å²) >= 11 is 0. The van der Waals surface area contributed by atoms with E-state index in [0.717, 1.165) is 47.7 Å². The van der Waals surface area contributed by atoms with Gasteiger partial charge in [-0.1, -0.05) is 32.0 Å². The fourth-order valence-corrected chi connectivity index (χ4v) is 4.94. The van der Waals surface area contributed by atoms with E-state index in [4.69, 9.17) is 0 Å². The molecule has 4 atom stereocenters. The molecule has 2 aliphatic carbocycles. The molecule has 1 aromatic heterocycles. The minimum absolute atomic E-state index is 0.210. The summed E-state index contributed by atoms with van der Waals surface area (Å²) in [5, 5.41) is 11.3. The molecule has 4 rings (SSSR count). The summed E-state index contributed by atoms with van der Waals surface area (Å²) in [6.45, 7) is 4.22. The van der Waals surface area contributed by atoms with Gasteiger partial charge in [-0.2, -0.15) is 0 Å². The fourth-order valence-electron chi connectivity index (χ4n) is 4.94. The maximum absolute atomic E-state index is 13.2. The Balaban J connectivity index is 1.70. The molecule has 1 heterocycles. The normalized spacial score (nSPS) is 35.4. The Morgan fingerprint density at radius 1 is 1.29 bits per heavy atom. The first-order chi connectivity index (χ1) is 11.5. The fraction of sp³-hybridized carbons (Fsp3) is 0.476. The van der Waals surface area contributed by atoms with Gasteiger partial charge in [0.2, 0.25) is 0 Å². The lowest BCUT2D eigenvalue weighted by molar-refractivity contribution is -0.137. The van der Waals surface area contributed by atoms with Gasteiger partial charge in [0.05, 0.1) is 6.10 Å². The van der Waals surface area contributed by atoms with E-state index in [2.05, 4.69) is 37.0 Å². The number of carbonyl (C=O) groups is 1. The van der Waals surface area contributed by atoms with E-state index in [1.165, 1.54) is 0 Å². The molecule has 2 fully saturated rings. The first kappa shape index (κ1) is 15.6.